The molecule has 90 valence electrons. The highest BCUT2D eigenvalue weighted by atomic mass is 32.2. The molecule has 0 fully saturated rings. The molecule has 0 aliphatic carbocycles. The molecule has 4 nitrogen and oxygen atoms in total. The topological polar surface area (TPSA) is 52.1 Å². The van der Waals surface area contributed by atoms with Gasteiger partial charge in [0.2, 0.25) is 0 Å². The highest BCUT2D eigenvalue weighted by molar-refractivity contribution is 8.02. The summed E-state index contributed by atoms with van der Waals surface area (Å²) in [7, 11) is 0. The van der Waals surface area contributed by atoms with Crippen LogP contribution in [0.15, 0.2) is 22.7 Å². The molecule has 0 bridgehead atoms. The zero-order chi connectivity index (χ0) is 12.3. The summed E-state index contributed by atoms with van der Waals surface area (Å²) in [5, 5.41) is -0.240. The number of aromatic nitrogens is 2. The van der Waals surface area contributed by atoms with Crippen LogP contribution < -0.4 is 0 Å². The van der Waals surface area contributed by atoms with Crippen molar-refractivity contribution in [3.8, 4) is 0 Å². The Morgan fingerprint density at radius 2 is 2.47 bits per heavy atom. The zero-order valence-electron chi connectivity index (χ0n) is 9.54. The van der Waals surface area contributed by atoms with Crippen molar-refractivity contribution in [2.45, 2.75) is 23.4 Å². The number of thioether (sulfide) groups is 1. The largest absolute Gasteiger partial charge is 0.465 e. The van der Waals surface area contributed by atoms with E-state index in [0.717, 1.165) is 14.7 Å². The van der Waals surface area contributed by atoms with Gasteiger partial charge < -0.3 is 4.74 Å². The van der Waals surface area contributed by atoms with E-state index in [1.807, 2.05) is 19.1 Å². The number of ether oxygens (including phenoxy) is 1. The quantitative estimate of drug-likeness (QED) is 0.630. The molecule has 0 aromatic carbocycles. The van der Waals surface area contributed by atoms with E-state index in [4.69, 9.17) is 4.74 Å². The van der Waals surface area contributed by atoms with Gasteiger partial charge >= 0.3 is 5.97 Å². The molecule has 2 heterocycles. The summed E-state index contributed by atoms with van der Waals surface area (Å²) < 4.78 is 6.83. The van der Waals surface area contributed by atoms with Gasteiger partial charge in [0.05, 0.1) is 11.3 Å². The Hall–Kier alpha value is -1.14. The molecule has 0 saturated heterocycles. The van der Waals surface area contributed by atoms with Crippen molar-refractivity contribution in [1.82, 2.24) is 9.97 Å². The summed E-state index contributed by atoms with van der Waals surface area (Å²) in [5.74, 6) is -0.204. The van der Waals surface area contributed by atoms with Gasteiger partial charge in [-0.2, -0.15) is 0 Å². The van der Waals surface area contributed by atoms with Crippen molar-refractivity contribution in [3.63, 3.8) is 0 Å². The lowest BCUT2D eigenvalue weighted by Crippen LogP contribution is -2.16. The second kappa shape index (κ2) is 5.46. The van der Waals surface area contributed by atoms with Gasteiger partial charge in [-0.25, -0.2) is 9.97 Å². The minimum atomic E-state index is -0.240. The van der Waals surface area contributed by atoms with E-state index in [2.05, 4.69) is 9.97 Å². The Labute approximate surface area is 107 Å². The van der Waals surface area contributed by atoms with Crippen LogP contribution in [0, 0.1) is 0 Å². The van der Waals surface area contributed by atoms with Crippen molar-refractivity contribution < 1.29 is 9.53 Å². The Kier molecular flexibility index (Phi) is 3.96. The molecule has 2 rings (SSSR count). The summed E-state index contributed by atoms with van der Waals surface area (Å²) in [5.41, 5.74) is 0.732. The Bertz CT molecular complexity index is 494. The molecular formula is C11H12N2O2S2. The molecular weight excluding hydrogens is 256 g/mol. The lowest BCUT2D eigenvalue weighted by Gasteiger charge is -2.07. The number of carbonyl (C=O) groups is 1. The molecule has 0 saturated carbocycles. The van der Waals surface area contributed by atoms with Crippen molar-refractivity contribution in [2.24, 2.45) is 0 Å². The Balaban J connectivity index is 2.10. The third kappa shape index (κ3) is 2.95. The maximum absolute atomic E-state index is 11.5. The van der Waals surface area contributed by atoms with Crippen molar-refractivity contribution >= 4 is 39.4 Å². The number of hydrogen-bond acceptors (Lipinski definition) is 6. The minimum Gasteiger partial charge on any atom is -0.465 e. The van der Waals surface area contributed by atoms with Crippen molar-refractivity contribution in [2.75, 3.05) is 6.61 Å². The summed E-state index contributed by atoms with van der Waals surface area (Å²) >= 11 is 2.95. The average Bonchev–Trinajstić information content (AvgIpc) is 2.71. The van der Waals surface area contributed by atoms with E-state index in [9.17, 15) is 4.79 Å². The number of fused-ring (bicyclic) bond motifs is 1. The number of esters is 1. The fourth-order valence-corrected chi connectivity index (χ4v) is 3.42. The number of carbonyl (C=O) groups excluding carboxylic acids is 1. The van der Waals surface area contributed by atoms with E-state index in [0.29, 0.717) is 6.61 Å². The first kappa shape index (κ1) is 12.3. The van der Waals surface area contributed by atoms with Crippen LogP contribution in [-0.2, 0) is 9.53 Å². The predicted octanol–water partition coefficient (Wildman–Crippen LogP) is 2.74. The van der Waals surface area contributed by atoms with E-state index in [1.54, 1.807) is 24.5 Å². The first-order valence-electron chi connectivity index (χ1n) is 5.25. The maximum atomic E-state index is 11.5. The van der Waals surface area contributed by atoms with Crippen LogP contribution in [0.1, 0.15) is 13.8 Å². The number of rotatable bonds is 4. The van der Waals surface area contributed by atoms with Crippen LogP contribution in [0.3, 0.4) is 0 Å². The number of pyridine rings is 1. The monoisotopic (exact) mass is 268 g/mol. The van der Waals surface area contributed by atoms with Crippen LogP contribution in [0.25, 0.3) is 10.3 Å². The van der Waals surface area contributed by atoms with Crippen molar-refractivity contribution in [3.05, 3.63) is 18.3 Å². The smallest absolute Gasteiger partial charge is 0.319 e. The molecule has 0 unspecified atom stereocenters. The fourth-order valence-electron chi connectivity index (χ4n) is 1.26. The number of thiazole rings is 1. The molecule has 1 atom stereocenters. The normalized spacial score (nSPS) is 12.6. The first-order chi connectivity index (χ1) is 8.20. The van der Waals surface area contributed by atoms with Gasteiger partial charge in [-0.15, -0.1) is 11.3 Å². The fraction of sp³-hybridized carbons (Fsp3) is 0.364. The maximum Gasteiger partial charge on any atom is 0.319 e. The van der Waals surface area contributed by atoms with Gasteiger partial charge in [-0.1, -0.05) is 11.8 Å². The van der Waals surface area contributed by atoms with E-state index >= 15 is 0 Å². The Morgan fingerprint density at radius 1 is 1.65 bits per heavy atom. The lowest BCUT2D eigenvalue weighted by atomic mass is 10.5. The van der Waals surface area contributed by atoms with Crippen LogP contribution in [0.2, 0.25) is 0 Å². The van der Waals surface area contributed by atoms with Crippen LogP contribution in [-0.4, -0.2) is 27.8 Å². The number of hydrogen-bond donors (Lipinski definition) is 0. The molecule has 0 aliphatic heterocycles. The molecule has 0 amide bonds. The van der Waals surface area contributed by atoms with Crippen LogP contribution >= 0.6 is 23.1 Å². The highest BCUT2D eigenvalue weighted by Crippen LogP contribution is 2.31. The highest BCUT2D eigenvalue weighted by Gasteiger charge is 2.17. The summed E-state index contributed by atoms with van der Waals surface area (Å²) in [6.07, 6.45) is 1.71. The van der Waals surface area contributed by atoms with Gasteiger partial charge in [-0.3, -0.25) is 4.79 Å². The number of nitrogens with zero attached hydrogens (tertiary/aromatic N) is 2. The third-order valence-corrected chi connectivity index (χ3v) is 4.22. The summed E-state index contributed by atoms with van der Waals surface area (Å²) in [6.45, 7) is 4.03. The Morgan fingerprint density at radius 3 is 3.18 bits per heavy atom. The van der Waals surface area contributed by atoms with Crippen LogP contribution in [0.5, 0.6) is 0 Å². The molecule has 2 aromatic rings. The predicted molar refractivity (Wildman–Crippen MR) is 69.4 cm³/mol. The standard InChI is InChI=1S/C11H12N2O2S2/c1-3-15-10(14)7(2)16-11-13-9-8(17-11)5-4-6-12-9/h4-7H,3H2,1-2H3/t7-/m1/s1. The lowest BCUT2D eigenvalue weighted by molar-refractivity contribution is -0.142. The SMILES string of the molecule is CCOC(=O)[C@@H](C)Sc1nc2ncccc2s1. The van der Waals surface area contributed by atoms with Crippen LogP contribution in [0.4, 0.5) is 0 Å². The van der Waals surface area contributed by atoms with Crippen molar-refractivity contribution in [1.29, 1.82) is 0 Å². The zero-order valence-corrected chi connectivity index (χ0v) is 11.2. The molecule has 0 spiro atoms. The average molecular weight is 268 g/mol. The van der Waals surface area contributed by atoms with E-state index in [-0.39, 0.29) is 11.2 Å². The van der Waals surface area contributed by atoms with Gasteiger partial charge in [0.15, 0.2) is 9.99 Å². The second-order valence-electron chi connectivity index (χ2n) is 3.32. The van der Waals surface area contributed by atoms with Gasteiger partial charge in [-0.05, 0) is 26.0 Å². The van der Waals surface area contributed by atoms with Gasteiger partial charge in [0, 0.05) is 6.20 Å². The molecule has 0 radical (unpaired) electrons. The molecule has 17 heavy (non-hydrogen) atoms. The molecule has 2 aromatic heterocycles. The second-order valence-corrected chi connectivity index (χ2v) is 5.94. The van der Waals surface area contributed by atoms with Gasteiger partial charge in [0.1, 0.15) is 5.25 Å². The third-order valence-electron chi connectivity index (χ3n) is 2.04. The molecule has 0 N–H and O–H groups in total. The van der Waals surface area contributed by atoms with E-state index < -0.39 is 0 Å². The molecule has 0 aliphatic rings. The van der Waals surface area contributed by atoms with Gasteiger partial charge in [0.25, 0.3) is 0 Å². The minimum absolute atomic E-state index is 0.204. The first-order valence-corrected chi connectivity index (χ1v) is 6.95. The summed E-state index contributed by atoms with van der Waals surface area (Å²) in [4.78, 5) is 20.0. The summed E-state index contributed by atoms with van der Waals surface area (Å²) in [6, 6.07) is 3.85. The molecule has 6 heteroatoms. The van der Waals surface area contributed by atoms with E-state index in [1.165, 1.54) is 11.8 Å².